The molecule has 9 heteroatoms. The second-order valence-electron chi connectivity index (χ2n) is 9.22. The number of halogens is 3. The summed E-state index contributed by atoms with van der Waals surface area (Å²) < 4.78 is 67.6. The summed E-state index contributed by atoms with van der Waals surface area (Å²) in [5.74, 6) is 0. The van der Waals surface area contributed by atoms with Crippen LogP contribution in [0.2, 0.25) is 0 Å². The van der Waals surface area contributed by atoms with Crippen LogP contribution < -0.4 is 4.72 Å². The third-order valence-corrected chi connectivity index (χ3v) is 8.28. The van der Waals surface area contributed by atoms with Gasteiger partial charge in [0.25, 0.3) is 10.0 Å². The monoisotopic (exact) mass is 495 g/mol. The predicted molar refractivity (Wildman–Crippen MR) is 127 cm³/mol. The summed E-state index contributed by atoms with van der Waals surface area (Å²) in [6, 6.07) is 11.8. The van der Waals surface area contributed by atoms with Crippen molar-refractivity contribution in [3.63, 3.8) is 0 Å². The van der Waals surface area contributed by atoms with Gasteiger partial charge in [-0.1, -0.05) is 30.7 Å². The van der Waals surface area contributed by atoms with Crippen LogP contribution in [0.1, 0.15) is 43.2 Å². The van der Waals surface area contributed by atoms with Gasteiger partial charge in [0.05, 0.1) is 10.5 Å². The molecule has 2 aliphatic rings. The van der Waals surface area contributed by atoms with E-state index in [1.807, 2.05) is 6.07 Å². The molecule has 2 aromatic carbocycles. The van der Waals surface area contributed by atoms with Gasteiger partial charge >= 0.3 is 6.18 Å². The largest absolute Gasteiger partial charge is 0.417 e. The predicted octanol–water partition coefficient (Wildman–Crippen LogP) is 5.00. The van der Waals surface area contributed by atoms with E-state index in [1.165, 1.54) is 57.3 Å². The summed E-state index contributed by atoms with van der Waals surface area (Å²) in [7, 11) is -4.38. The normalized spacial score (nSPS) is 19.3. The van der Waals surface area contributed by atoms with Crippen molar-refractivity contribution in [1.29, 1.82) is 0 Å². The number of benzene rings is 2. The lowest BCUT2D eigenvalue weighted by Gasteiger charge is -2.40. The van der Waals surface area contributed by atoms with Crippen LogP contribution in [0.5, 0.6) is 0 Å². The highest BCUT2D eigenvalue weighted by molar-refractivity contribution is 7.92. The Morgan fingerprint density at radius 1 is 0.912 bits per heavy atom. The molecule has 2 aromatic rings. The zero-order valence-corrected chi connectivity index (χ0v) is 20.0. The fourth-order valence-corrected chi connectivity index (χ4v) is 6.29. The van der Waals surface area contributed by atoms with Gasteiger partial charge in [-0.25, -0.2) is 8.42 Å². The standard InChI is InChI=1S/C25H32F3N3O2S/c26-25(27,28)23-9-2-3-10-24(23)34(32,33)29-21-8-6-7-20(19-21)11-16-30-17-12-22(13-18-30)31-14-4-1-5-15-31/h2-3,6-10,19,22,29H,1,4-5,11-18H2. The van der Waals surface area contributed by atoms with E-state index in [2.05, 4.69) is 14.5 Å². The minimum Gasteiger partial charge on any atom is -0.303 e. The third-order valence-electron chi connectivity index (χ3n) is 6.84. The van der Waals surface area contributed by atoms with Crippen LogP contribution in [0, 0.1) is 0 Å². The van der Waals surface area contributed by atoms with Crippen LogP contribution >= 0.6 is 0 Å². The number of alkyl halides is 3. The zero-order valence-electron chi connectivity index (χ0n) is 19.2. The van der Waals surface area contributed by atoms with Gasteiger partial charge in [0.15, 0.2) is 0 Å². The highest BCUT2D eigenvalue weighted by Gasteiger charge is 2.37. The molecule has 0 radical (unpaired) electrons. The molecule has 2 fully saturated rings. The number of piperidine rings is 2. The molecule has 0 unspecified atom stereocenters. The van der Waals surface area contributed by atoms with Gasteiger partial charge in [0, 0.05) is 18.3 Å². The Bertz CT molecular complexity index is 1060. The molecule has 2 saturated heterocycles. The smallest absolute Gasteiger partial charge is 0.303 e. The Morgan fingerprint density at radius 2 is 1.62 bits per heavy atom. The van der Waals surface area contributed by atoms with Crippen molar-refractivity contribution in [2.24, 2.45) is 0 Å². The van der Waals surface area contributed by atoms with Crippen molar-refractivity contribution in [1.82, 2.24) is 9.80 Å². The lowest BCUT2D eigenvalue weighted by Crippen LogP contribution is -2.47. The number of anilines is 1. The fraction of sp³-hybridized carbons (Fsp3) is 0.520. The summed E-state index contributed by atoms with van der Waals surface area (Å²) in [6.07, 6.45) is 2.32. The molecule has 0 amide bonds. The molecule has 0 aliphatic carbocycles. The van der Waals surface area contributed by atoms with E-state index in [-0.39, 0.29) is 5.69 Å². The van der Waals surface area contributed by atoms with Crippen LogP contribution in [0.15, 0.2) is 53.4 Å². The van der Waals surface area contributed by atoms with E-state index in [4.69, 9.17) is 0 Å². The molecule has 1 N–H and O–H groups in total. The third kappa shape index (κ3) is 6.31. The van der Waals surface area contributed by atoms with Crippen molar-refractivity contribution in [3.05, 3.63) is 59.7 Å². The number of likely N-dealkylation sites (tertiary alicyclic amines) is 2. The molecule has 2 aliphatic heterocycles. The van der Waals surface area contributed by atoms with Crippen LogP contribution in [0.3, 0.4) is 0 Å². The molecule has 186 valence electrons. The van der Waals surface area contributed by atoms with E-state index < -0.39 is 26.7 Å². The van der Waals surface area contributed by atoms with Crippen LogP contribution in [0.4, 0.5) is 18.9 Å². The Balaban J connectivity index is 1.34. The van der Waals surface area contributed by atoms with Gasteiger partial charge < -0.3 is 9.80 Å². The number of hydrogen-bond donors (Lipinski definition) is 1. The van der Waals surface area contributed by atoms with Gasteiger partial charge in [0.2, 0.25) is 0 Å². The summed E-state index contributed by atoms with van der Waals surface area (Å²) in [4.78, 5) is 4.31. The summed E-state index contributed by atoms with van der Waals surface area (Å²) in [5, 5.41) is 0. The van der Waals surface area contributed by atoms with Gasteiger partial charge in [0.1, 0.15) is 0 Å². The van der Waals surface area contributed by atoms with Crippen molar-refractivity contribution in [2.45, 2.75) is 55.6 Å². The molecule has 0 saturated carbocycles. The van der Waals surface area contributed by atoms with E-state index in [0.29, 0.717) is 6.04 Å². The summed E-state index contributed by atoms with van der Waals surface area (Å²) >= 11 is 0. The fourth-order valence-electron chi connectivity index (χ4n) is 5.01. The number of hydrogen-bond acceptors (Lipinski definition) is 4. The minimum atomic E-state index is -4.76. The van der Waals surface area contributed by atoms with E-state index >= 15 is 0 Å². The van der Waals surface area contributed by atoms with Crippen LogP contribution in [-0.2, 0) is 22.6 Å². The van der Waals surface area contributed by atoms with Gasteiger partial charge in [-0.3, -0.25) is 4.72 Å². The van der Waals surface area contributed by atoms with Crippen molar-refractivity contribution >= 4 is 15.7 Å². The first-order chi connectivity index (χ1) is 16.2. The quantitative estimate of drug-likeness (QED) is 0.588. The van der Waals surface area contributed by atoms with E-state index in [9.17, 15) is 21.6 Å². The molecule has 0 atom stereocenters. The van der Waals surface area contributed by atoms with Gasteiger partial charge in [-0.05, 0) is 88.1 Å². The minimum absolute atomic E-state index is 0.262. The average molecular weight is 496 g/mol. The maximum Gasteiger partial charge on any atom is 0.417 e. The maximum atomic E-state index is 13.3. The molecule has 2 heterocycles. The second-order valence-corrected chi connectivity index (χ2v) is 10.9. The first-order valence-corrected chi connectivity index (χ1v) is 13.4. The molecular weight excluding hydrogens is 463 g/mol. The van der Waals surface area contributed by atoms with Gasteiger partial charge in [-0.2, -0.15) is 13.2 Å². The summed E-state index contributed by atoms with van der Waals surface area (Å²) in [5.41, 5.74) is 0.0346. The number of rotatable bonds is 7. The number of sulfonamides is 1. The van der Waals surface area contributed by atoms with Gasteiger partial charge in [-0.15, -0.1) is 0 Å². The lowest BCUT2D eigenvalue weighted by molar-refractivity contribution is -0.139. The first-order valence-electron chi connectivity index (χ1n) is 12.0. The lowest BCUT2D eigenvalue weighted by atomic mass is 9.99. The van der Waals surface area contributed by atoms with Crippen LogP contribution in [-0.4, -0.2) is 57.0 Å². The van der Waals surface area contributed by atoms with Crippen molar-refractivity contribution < 1.29 is 21.6 Å². The van der Waals surface area contributed by atoms with E-state index in [1.54, 1.807) is 18.2 Å². The zero-order chi connectivity index (χ0) is 24.2. The summed E-state index contributed by atoms with van der Waals surface area (Å²) in [6.45, 7) is 5.44. The Morgan fingerprint density at radius 3 is 2.32 bits per heavy atom. The van der Waals surface area contributed by atoms with E-state index in [0.717, 1.165) is 43.8 Å². The molecule has 0 spiro atoms. The maximum absolute atomic E-state index is 13.3. The first kappa shape index (κ1) is 25.0. The van der Waals surface area contributed by atoms with Crippen LogP contribution in [0.25, 0.3) is 0 Å². The average Bonchev–Trinajstić information content (AvgIpc) is 2.83. The molecule has 0 bridgehead atoms. The van der Waals surface area contributed by atoms with Crippen molar-refractivity contribution in [2.75, 3.05) is 37.4 Å². The molecule has 0 aromatic heterocycles. The highest BCUT2D eigenvalue weighted by Crippen LogP contribution is 2.34. The molecular formula is C25H32F3N3O2S. The highest BCUT2D eigenvalue weighted by atomic mass is 32.2. The molecule has 34 heavy (non-hydrogen) atoms. The Kier molecular flexibility index (Phi) is 7.84. The molecule has 4 rings (SSSR count). The number of nitrogens with zero attached hydrogens (tertiary/aromatic N) is 2. The Hall–Kier alpha value is -2.10. The van der Waals surface area contributed by atoms with Crippen molar-refractivity contribution in [3.8, 4) is 0 Å². The Labute approximate surface area is 200 Å². The SMILES string of the molecule is O=S(=O)(Nc1cccc(CCN2CCC(N3CCCCC3)CC2)c1)c1ccccc1C(F)(F)F. The number of nitrogens with one attached hydrogen (secondary N) is 1. The molecule has 5 nitrogen and oxygen atoms in total. The topological polar surface area (TPSA) is 52.7 Å². The second kappa shape index (κ2) is 10.7.